The lowest BCUT2D eigenvalue weighted by Gasteiger charge is -2.04. The van der Waals surface area contributed by atoms with E-state index in [0.29, 0.717) is 11.3 Å². The summed E-state index contributed by atoms with van der Waals surface area (Å²) in [5, 5.41) is 0. The maximum Gasteiger partial charge on any atom is 0.307 e. The molecule has 0 spiro atoms. The molecule has 1 amide bonds. The number of thioether (sulfide) groups is 1. The Kier molecular flexibility index (Phi) is 6.41. The van der Waals surface area contributed by atoms with Crippen LogP contribution in [0, 0.1) is 5.82 Å². The number of amides is 1. The highest BCUT2D eigenvalue weighted by molar-refractivity contribution is 8.00. The van der Waals surface area contributed by atoms with Crippen LogP contribution in [0.5, 0.6) is 0 Å². The van der Waals surface area contributed by atoms with Crippen molar-refractivity contribution in [1.82, 2.24) is 4.57 Å². The van der Waals surface area contributed by atoms with Crippen molar-refractivity contribution in [3.63, 3.8) is 0 Å². The topological polar surface area (TPSA) is 60.7 Å². The van der Waals surface area contributed by atoms with Gasteiger partial charge in [0.15, 0.2) is 4.80 Å². The van der Waals surface area contributed by atoms with Crippen molar-refractivity contribution >= 4 is 45.2 Å². The van der Waals surface area contributed by atoms with Gasteiger partial charge in [-0.3, -0.25) is 9.59 Å². The summed E-state index contributed by atoms with van der Waals surface area (Å²) in [6.45, 7) is 0.383. The predicted octanol–water partition coefficient (Wildman–Crippen LogP) is 3.62. The number of fused-ring (bicyclic) bond motifs is 1. The molecular formula is C19H17FN2O3S2. The van der Waals surface area contributed by atoms with Gasteiger partial charge >= 0.3 is 5.97 Å². The summed E-state index contributed by atoms with van der Waals surface area (Å²) in [7, 11) is 1.35. The fraction of sp³-hybridized carbons (Fsp3) is 0.211. The molecule has 8 heteroatoms. The van der Waals surface area contributed by atoms with E-state index in [1.54, 1.807) is 12.1 Å². The van der Waals surface area contributed by atoms with E-state index < -0.39 is 0 Å². The number of esters is 1. The maximum atomic E-state index is 12.9. The van der Waals surface area contributed by atoms with E-state index in [2.05, 4.69) is 4.99 Å². The van der Waals surface area contributed by atoms with Crippen LogP contribution in [0.15, 0.2) is 58.4 Å². The highest BCUT2D eigenvalue weighted by Crippen LogP contribution is 2.19. The van der Waals surface area contributed by atoms with Gasteiger partial charge in [0, 0.05) is 11.4 Å². The summed E-state index contributed by atoms with van der Waals surface area (Å²) < 4.78 is 20.5. The van der Waals surface area contributed by atoms with Gasteiger partial charge in [0.1, 0.15) is 5.82 Å². The summed E-state index contributed by atoms with van der Waals surface area (Å²) >= 11 is 2.70. The number of hydrogen-bond acceptors (Lipinski definition) is 5. The van der Waals surface area contributed by atoms with Crippen molar-refractivity contribution in [2.24, 2.45) is 4.99 Å². The molecule has 0 saturated heterocycles. The Morgan fingerprint density at radius 2 is 1.93 bits per heavy atom. The highest BCUT2D eigenvalue weighted by Gasteiger charge is 2.10. The van der Waals surface area contributed by atoms with Crippen LogP contribution < -0.4 is 4.80 Å². The smallest absolute Gasteiger partial charge is 0.307 e. The molecule has 0 aliphatic carbocycles. The first-order chi connectivity index (χ1) is 13.1. The Morgan fingerprint density at radius 3 is 2.67 bits per heavy atom. The van der Waals surface area contributed by atoms with Gasteiger partial charge in [0.2, 0.25) is 0 Å². The minimum atomic E-state index is -0.318. The predicted molar refractivity (Wildman–Crippen MR) is 104 cm³/mol. The number of carbonyl (C=O) groups is 2. The lowest BCUT2D eigenvalue weighted by molar-refractivity contribution is -0.140. The second-order valence-corrected chi connectivity index (χ2v) is 7.64. The summed E-state index contributed by atoms with van der Waals surface area (Å²) in [6.07, 6.45) is 0.197. The molecule has 140 valence electrons. The summed E-state index contributed by atoms with van der Waals surface area (Å²) in [6, 6.07) is 13.7. The van der Waals surface area contributed by atoms with Crippen molar-refractivity contribution in [2.45, 2.75) is 17.9 Å². The lowest BCUT2D eigenvalue weighted by atomic mass is 10.3. The minimum absolute atomic E-state index is 0.150. The molecule has 0 N–H and O–H groups in total. The van der Waals surface area contributed by atoms with Crippen molar-refractivity contribution in [3.8, 4) is 0 Å². The Balaban J connectivity index is 1.81. The monoisotopic (exact) mass is 404 g/mol. The number of carbonyl (C=O) groups excluding carboxylic acids is 2. The van der Waals surface area contributed by atoms with Gasteiger partial charge in [-0.1, -0.05) is 23.5 Å². The molecule has 3 rings (SSSR count). The van der Waals surface area contributed by atoms with Crippen LogP contribution in [0.25, 0.3) is 10.2 Å². The fourth-order valence-electron chi connectivity index (χ4n) is 2.44. The van der Waals surface area contributed by atoms with Gasteiger partial charge in [-0.15, -0.1) is 11.8 Å². The number of thiazole rings is 1. The Hall–Kier alpha value is -2.45. The second-order valence-electron chi connectivity index (χ2n) is 5.58. The zero-order valence-corrected chi connectivity index (χ0v) is 16.2. The zero-order chi connectivity index (χ0) is 19.2. The van der Waals surface area contributed by atoms with Gasteiger partial charge in [0.05, 0.1) is 29.5 Å². The van der Waals surface area contributed by atoms with Crippen LogP contribution in [0.4, 0.5) is 4.39 Å². The minimum Gasteiger partial charge on any atom is -0.469 e. The molecule has 2 aromatic carbocycles. The van der Waals surface area contributed by atoms with Crippen LogP contribution in [-0.2, 0) is 20.9 Å². The molecule has 0 aliphatic rings. The number of aromatic nitrogens is 1. The molecule has 0 fully saturated rings. The van der Waals surface area contributed by atoms with E-state index in [4.69, 9.17) is 4.74 Å². The third-order valence-electron chi connectivity index (χ3n) is 3.75. The first-order valence-corrected chi connectivity index (χ1v) is 9.98. The summed E-state index contributed by atoms with van der Waals surface area (Å²) in [4.78, 5) is 29.4. The van der Waals surface area contributed by atoms with Crippen molar-refractivity contribution in [1.29, 1.82) is 0 Å². The summed E-state index contributed by atoms with van der Waals surface area (Å²) in [5.74, 6) is -0.770. The van der Waals surface area contributed by atoms with E-state index in [9.17, 15) is 14.0 Å². The zero-order valence-electron chi connectivity index (χ0n) is 14.6. The number of ether oxygens (including phenoxy) is 1. The van der Waals surface area contributed by atoms with Gasteiger partial charge in [-0.2, -0.15) is 4.99 Å². The van der Waals surface area contributed by atoms with Crippen LogP contribution in [0.2, 0.25) is 0 Å². The molecule has 0 unspecified atom stereocenters. The van der Waals surface area contributed by atoms with E-state index in [1.165, 1.54) is 42.3 Å². The Labute approximate surface area is 163 Å². The Bertz CT molecular complexity index is 1030. The van der Waals surface area contributed by atoms with Gasteiger partial charge < -0.3 is 9.30 Å². The standard InChI is InChI=1S/C19H17FN2O3S2/c1-25-18(24)10-11-22-15-4-2-3-5-16(15)27-19(22)21-17(23)12-26-14-8-6-13(20)7-9-14/h2-9H,10-12H2,1H3. The number of aryl methyl sites for hydroxylation is 1. The number of para-hydroxylation sites is 1. The molecule has 0 radical (unpaired) electrons. The maximum absolute atomic E-state index is 12.9. The number of nitrogens with zero attached hydrogens (tertiary/aromatic N) is 2. The van der Waals surface area contributed by atoms with Crippen LogP contribution in [0.1, 0.15) is 6.42 Å². The third kappa shape index (κ3) is 5.05. The van der Waals surface area contributed by atoms with Crippen molar-refractivity contribution in [2.75, 3.05) is 12.9 Å². The van der Waals surface area contributed by atoms with Gasteiger partial charge in [-0.05, 0) is 36.4 Å². The average Bonchev–Trinajstić information content (AvgIpc) is 3.02. The molecule has 0 aliphatic heterocycles. The van der Waals surface area contributed by atoms with Crippen molar-refractivity contribution in [3.05, 3.63) is 59.1 Å². The molecule has 1 aromatic heterocycles. The molecule has 0 bridgehead atoms. The van der Waals surface area contributed by atoms with E-state index in [-0.39, 0.29) is 29.9 Å². The Morgan fingerprint density at radius 1 is 1.19 bits per heavy atom. The van der Waals surface area contributed by atoms with Gasteiger partial charge in [-0.25, -0.2) is 4.39 Å². The van der Waals surface area contributed by atoms with Crippen LogP contribution in [0.3, 0.4) is 0 Å². The average molecular weight is 404 g/mol. The van der Waals surface area contributed by atoms with E-state index >= 15 is 0 Å². The summed E-state index contributed by atoms with van der Waals surface area (Å²) in [5.41, 5.74) is 0.921. The first kappa shape index (κ1) is 19.3. The fourth-order valence-corrected chi connectivity index (χ4v) is 4.20. The molecule has 27 heavy (non-hydrogen) atoms. The normalized spacial score (nSPS) is 11.7. The highest BCUT2D eigenvalue weighted by atomic mass is 32.2. The number of benzene rings is 2. The lowest BCUT2D eigenvalue weighted by Crippen LogP contribution is -2.19. The van der Waals surface area contributed by atoms with E-state index in [1.807, 2.05) is 28.8 Å². The second kappa shape index (κ2) is 8.96. The number of hydrogen-bond donors (Lipinski definition) is 0. The molecule has 0 saturated carbocycles. The van der Waals surface area contributed by atoms with Crippen molar-refractivity contribution < 1.29 is 18.7 Å². The van der Waals surface area contributed by atoms with Gasteiger partial charge in [0.25, 0.3) is 5.91 Å². The molecule has 5 nitrogen and oxygen atoms in total. The first-order valence-electron chi connectivity index (χ1n) is 8.18. The number of rotatable bonds is 6. The molecular weight excluding hydrogens is 387 g/mol. The number of halogens is 1. The molecule has 0 atom stereocenters. The molecule has 1 heterocycles. The third-order valence-corrected chi connectivity index (χ3v) is 5.81. The van der Waals surface area contributed by atoms with Crippen LogP contribution >= 0.6 is 23.1 Å². The van der Waals surface area contributed by atoms with E-state index in [0.717, 1.165) is 15.1 Å². The quantitative estimate of drug-likeness (QED) is 0.465. The SMILES string of the molecule is COC(=O)CCn1c(=NC(=O)CSc2ccc(F)cc2)sc2ccccc21. The largest absolute Gasteiger partial charge is 0.469 e. The van der Waals surface area contributed by atoms with Crippen LogP contribution in [-0.4, -0.2) is 29.3 Å². The molecule has 3 aromatic rings. The number of methoxy groups -OCH3 is 1.